The molecule has 4 nitrogen and oxygen atoms in total. The van der Waals surface area contributed by atoms with Crippen molar-refractivity contribution in [2.24, 2.45) is 0 Å². The SMILES string of the molecule is CCCCOCCCNCC(O)Cn1c2ccccc2c2cc(F)ccc21. The molecule has 0 radical (unpaired) electrons. The van der Waals surface area contributed by atoms with Gasteiger partial charge >= 0.3 is 0 Å². The predicted molar refractivity (Wildman–Crippen MR) is 109 cm³/mol. The fourth-order valence-electron chi connectivity index (χ4n) is 3.41. The summed E-state index contributed by atoms with van der Waals surface area (Å²) in [6.45, 7) is 5.54. The summed E-state index contributed by atoms with van der Waals surface area (Å²) in [6, 6.07) is 12.8. The monoisotopic (exact) mass is 372 g/mol. The number of rotatable bonds is 11. The number of aliphatic hydroxyl groups excluding tert-OH is 1. The molecule has 0 saturated heterocycles. The maximum atomic E-state index is 13.7. The number of hydrogen-bond donors (Lipinski definition) is 2. The number of halogens is 1. The van der Waals surface area contributed by atoms with Gasteiger partial charge in [-0.1, -0.05) is 31.5 Å². The average Bonchev–Trinajstić information content (AvgIpc) is 2.97. The summed E-state index contributed by atoms with van der Waals surface area (Å²) >= 11 is 0. The highest BCUT2D eigenvalue weighted by molar-refractivity contribution is 6.08. The summed E-state index contributed by atoms with van der Waals surface area (Å²) in [4.78, 5) is 0. The number of para-hydroxylation sites is 1. The van der Waals surface area contributed by atoms with Crippen molar-refractivity contribution in [2.45, 2.75) is 38.8 Å². The van der Waals surface area contributed by atoms with E-state index in [1.165, 1.54) is 6.07 Å². The van der Waals surface area contributed by atoms with Crippen LogP contribution in [0.25, 0.3) is 21.8 Å². The highest BCUT2D eigenvalue weighted by atomic mass is 19.1. The molecule has 0 aliphatic rings. The van der Waals surface area contributed by atoms with E-state index in [2.05, 4.69) is 16.8 Å². The maximum Gasteiger partial charge on any atom is 0.123 e. The van der Waals surface area contributed by atoms with Crippen LogP contribution in [0.4, 0.5) is 4.39 Å². The van der Waals surface area contributed by atoms with Gasteiger partial charge in [-0.15, -0.1) is 0 Å². The van der Waals surface area contributed by atoms with Gasteiger partial charge in [-0.25, -0.2) is 4.39 Å². The van der Waals surface area contributed by atoms with Crippen LogP contribution >= 0.6 is 0 Å². The summed E-state index contributed by atoms with van der Waals surface area (Å²) in [5.74, 6) is -0.242. The van der Waals surface area contributed by atoms with Crippen molar-refractivity contribution < 1.29 is 14.2 Å². The van der Waals surface area contributed by atoms with E-state index in [4.69, 9.17) is 4.74 Å². The highest BCUT2D eigenvalue weighted by Crippen LogP contribution is 2.29. The first-order valence-electron chi connectivity index (χ1n) is 9.83. The van der Waals surface area contributed by atoms with Crippen molar-refractivity contribution in [1.29, 1.82) is 0 Å². The number of nitrogens with zero attached hydrogens (tertiary/aromatic N) is 1. The zero-order valence-electron chi connectivity index (χ0n) is 16.0. The second-order valence-corrected chi connectivity index (χ2v) is 6.97. The average molecular weight is 372 g/mol. The first-order valence-corrected chi connectivity index (χ1v) is 9.83. The Balaban J connectivity index is 1.57. The molecule has 1 unspecified atom stereocenters. The molecule has 0 bridgehead atoms. The number of aromatic nitrogens is 1. The Kier molecular flexibility index (Phi) is 7.21. The fourth-order valence-corrected chi connectivity index (χ4v) is 3.41. The normalized spacial score (nSPS) is 12.9. The van der Waals surface area contributed by atoms with Crippen LogP contribution in [0.1, 0.15) is 26.2 Å². The number of ether oxygens (including phenoxy) is 1. The van der Waals surface area contributed by atoms with Gasteiger partial charge in [0.25, 0.3) is 0 Å². The van der Waals surface area contributed by atoms with Crippen molar-refractivity contribution in [3.63, 3.8) is 0 Å². The van der Waals surface area contributed by atoms with Gasteiger partial charge in [0.15, 0.2) is 0 Å². The van der Waals surface area contributed by atoms with Crippen molar-refractivity contribution in [3.05, 3.63) is 48.3 Å². The molecule has 27 heavy (non-hydrogen) atoms. The molecule has 3 aromatic rings. The third-order valence-corrected chi connectivity index (χ3v) is 4.79. The largest absolute Gasteiger partial charge is 0.390 e. The summed E-state index contributed by atoms with van der Waals surface area (Å²) in [5, 5.41) is 15.7. The third-order valence-electron chi connectivity index (χ3n) is 4.79. The summed E-state index contributed by atoms with van der Waals surface area (Å²) in [7, 11) is 0. The number of aliphatic hydroxyl groups is 1. The summed E-state index contributed by atoms with van der Waals surface area (Å²) in [6.07, 6.45) is 2.68. The van der Waals surface area contributed by atoms with E-state index in [-0.39, 0.29) is 5.82 Å². The van der Waals surface area contributed by atoms with Crippen molar-refractivity contribution in [3.8, 4) is 0 Å². The Morgan fingerprint density at radius 3 is 2.70 bits per heavy atom. The first kappa shape index (κ1) is 19.8. The van der Waals surface area contributed by atoms with Crippen LogP contribution in [0, 0.1) is 5.82 Å². The van der Waals surface area contributed by atoms with E-state index in [1.54, 1.807) is 12.1 Å². The molecule has 0 spiro atoms. The Bertz CT molecular complexity index is 862. The van der Waals surface area contributed by atoms with Gasteiger partial charge in [-0.05, 0) is 43.7 Å². The molecular weight excluding hydrogens is 343 g/mol. The molecule has 2 aromatic carbocycles. The molecule has 5 heteroatoms. The van der Waals surface area contributed by atoms with Crippen LogP contribution in [-0.2, 0) is 11.3 Å². The van der Waals surface area contributed by atoms with Gasteiger partial charge < -0.3 is 19.7 Å². The van der Waals surface area contributed by atoms with E-state index in [0.29, 0.717) is 13.1 Å². The third kappa shape index (κ3) is 5.06. The zero-order chi connectivity index (χ0) is 19.1. The lowest BCUT2D eigenvalue weighted by Gasteiger charge is -2.15. The standard InChI is InChI=1S/C22H29FN2O2/c1-2-3-12-27-13-6-11-24-15-18(26)16-25-21-8-5-4-7-19(21)20-14-17(23)9-10-22(20)25/h4-5,7-10,14,18,24,26H,2-3,6,11-13,15-16H2,1H3. The Morgan fingerprint density at radius 1 is 1.07 bits per heavy atom. The first-order chi connectivity index (χ1) is 13.2. The number of benzene rings is 2. The lowest BCUT2D eigenvalue weighted by molar-refractivity contribution is 0.125. The van der Waals surface area contributed by atoms with E-state index >= 15 is 0 Å². The molecule has 146 valence electrons. The molecule has 1 atom stereocenters. The molecule has 0 amide bonds. The number of fused-ring (bicyclic) bond motifs is 3. The molecular formula is C22H29FN2O2. The van der Waals surface area contributed by atoms with Crippen LogP contribution in [0.3, 0.4) is 0 Å². The lowest BCUT2D eigenvalue weighted by Crippen LogP contribution is -2.31. The Labute approximate surface area is 159 Å². The maximum absolute atomic E-state index is 13.7. The van der Waals surface area contributed by atoms with Gasteiger partial charge in [0, 0.05) is 41.6 Å². The van der Waals surface area contributed by atoms with E-state index in [1.807, 2.05) is 24.3 Å². The minimum absolute atomic E-state index is 0.242. The Morgan fingerprint density at radius 2 is 1.85 bits per heavy atom. The quantitative estimate of drug-likeness (QED) is 0.498. The number of unbranched alkanes of at least 4 members (excludes halogenated alkanes) is 1. The van der Waals surface area contributed by atoms with E-state index in [9.17, 15) is 9.50 Å². The second kappa shape index (κ2) is 9.83. The molecule has 0 aliphatic heterocycles. The van der Waals surface area contributed by atoms with E-state index < -0.39 is 6.10 Å². The molecule has 3 rings (SSSR count). The van der Waals surface area contributed by atoms with Gasteiger partial charge in [0.2, 0.25) is 0 Å². The highest BCUT2D eigenvalue weighted by Gasteiger charge is 2.14. The fraction of sp³-hybridized carbons (Fsp3) is 0.455. The van der Waals surface area contributed by atoms with Crippen LogP contribution in [0.2, 0.25) is 0 Å². The molecule has 0 fully saturated rings. The number of nitrogens with one attached hydrogen (secondary N) is 1. The summed E-state index contributed by atoms with van der Waals surface area (Å²) in [5.41, 5.74) is 1.96. The van der Waals surface area contributed by atoms with Gasteiger partial charge in [0.1, 0.15) is 5.82 Å². The van der Waals surface area contributed by atoms with E-state index in [0.717, 1.165) is 60.8 Å². The Hall–Kier alpha value is -1.95. The topological polar surface area (TPSA) is 46.4 Å². The van der Waals surface area contributed by atoms with Gasteiger partial charge in [-0.3, -0.25) is 0 Å². The molecule has 1 aromatic heterocycles. The minimum Gasteiger partial charge on any atom is -0.390 e. The molecule has 0 saturated carbocycles. The molecule has 2 N–H and O–H groups in total. The van der Waals surface area contributed by atoms with Crippen LogP contribution in [0.15, 0.2) is 42.5 Å². The lowest BCUT2D eigenvalue weighted by atomic mass is 10.1. The zero-order valence-corrected chi connectivity index (χ0v) is 16.0. The van der Waals surface area contributed by atoms with Crippen molar-refractivity contribution in [2.75, 3.05) is 26.3 Å². The minimum atomic E-state index is -0.518. The van der Waals surface area contributed by atoms with Gasteiger partial charge in [0.05, 0.1) is 12.6 Å². The molecule has 0 aliphatic carbocycles. The smallest absolute Gasteiger partial charge is 0.123 e. The summed E-state index contributed by atoms with van der Waals surface area (Å²) < 4.78 is 21.3. The van der Waals surface area contributed by atoms with Crippen LogP contribution in [-0.4, -0.2) is 42.1 Å². The van der Waals surface area contributed by atoms with Crippen molar-refractivity contribution in [1.82, 2.24) is 9.88 Å². The van der Waals surface area contributed by atoms with Crippen molar-refractivity contribution >= 4 is 21.8 Å². The van der Waals surface area contributed by atoms with Crippen LogP contribution in [0.5, 0.6) is 0 Å². The molecule has 1 heterocycles. The predicted octanol–water partition coefficient (Wildman–Crippen LogP) is 4.09. The van der Waals surface area contributed by atoms with Crippen LogP contribution < -0.4 is 5.32 Å². The van der Waals surface area contributed by atoms with Gasteiger partial charge in [-0.2, -0.15) is 0 Å². The number of hydrogen-bond acceptors (Lipinski definition) is 3. The second-order valence-electron chi connectivity index (χ2n) is 6.97.